The molecule has 6 aromatic rings. The lowest BCUT2D eigenvalue weighted by Crippen LogP contribution is -2.43. The first-order valence-corrected chi connectivity index (χ1v) is 16.7. The van der Waals surface area contributed by atoms with Gasteiger partial charge in [-0.15, -0.1) is 0 Å². The van der Waals surface area contributed by atoms with Gasteiger partial charge >= 0.3 is 12.1 Å². The molecule has 4 heterocycles. The van der Waals surface area contributed by atoms with Crippen molar-refractivity contribution >= 4 is 35.1 Å². The molecule has 54 heavy (non-hydrogen) atoms. The van der Waals surface area contributed by atoms with Crippen LogP contribution in [0.5, 0.6) is 11.8 Å². The molecule has 0 bridgehead atoms. The van der Waals surface area contributed by atoms with Crippen molar-refractivity contribution in [3.63, 3.8) is 0 Å². The Morgan fingerprint density at radius 2 is 1.17 bits per heavy atom. The average Bonchev–Trinajstić information content (AvgIpc) is 3.71. The number of nitrogens with one attached hydrogen (secondary N) is 1. The molecular formula is C37H30Cl2F3N5O7. The molecule has 0 radical (unpaired) electrons. The highest BCUT2D eigenvalue weighted by atomic mass is 35.5. The van der Waals surface area contributed by atoms with Gasteiger partial charge in [0.05, 0.1) is 22.3 Å². The van der Waals surface area contributed by atoms with Crippen molar-refractivity contribution < 1.29 is 46.4 Å². The summed E-state index contributed by atoms with van der Waals surface area (Å²) in [7, 11) is 0. The van der Waals surface area contributed by atoms with Crippen LogP contribution in [0.2, 0.25) is 10.0 Å². The Bertz CT molecular complexity index is 2190. The number of carbonyl (C=O) groups excluding carboxylic acids is 1. The molecule has 4 aromatic heterocycles. The lowest BCUT2D eigenvalue weighted by molar-refractivity contribution is -0.149. The van der Waals surface area contributed by atoms with Gasteiger partial charge < -0.3 is 28.9 Å². The van der Waals surface area contributed by atoms with Gasteiger partial charge in [0.2, 0.25) is 11.8 Å². The van der Waals surface area contributed by atoms with Gasteiger partial charge in [0.1, 0.15) is 42.2 Å². The van der Waals surface area contributed by atoms with E-state index in [1.165, 1.54) is 30.5 Å². The van der Waals surface area contributed by atoms with Gasteiger partial charge in [-0.05, 0) is 57.2 Å². The first-order chi connectivity index (χ1) is 25.7. The molecule has 0 unspecified atom stereocenters. The van der Waals surface area contributed by atoms with E-state index in [-0.39, 0.29) is 30.2 Å². The van der Waals surface area contributed by atoms with Gasteiger partial charge in [0.25, 0.3) is 5.91 Å². The summed E-state index contributed by atoms with van der Waals surface area (Å²) in [6.07, 6.45) is -2.13. The van der Waals surface area contributed by atoms with Gasteiger partial charge in [0, 0.05) is 45.7 Å². The Hall–Kier alpha value is -5.93. The second-order valence-electron chi connectivity index (χ2n) is 11.5. The molecule has 6 rings (SSSR count). The van der Waals surface area contributed by atoms with Crippen LogP contribution in [0.25, 0.3) is 22.5 Å². The Kier molecular flexibility index (Phi) is 12.6. The summed E-state index contributed by atoms with van der Waals surface area (Å²) in [5, 5.41) is 20.1. The molecule has 2 N–H and O–H groups in total. The lowest BCUT2D eigenvalue weighted by Gasteiger charge is -2.17. The number of alkyl halides is 3. The van der Waals surface area contributed by atoms with Crippen LogP contribution in [0, 0.1) is 13.8 Å². The number of hydrogen-bond acceptors (Lipinski definition) is 10. The maximum absolute atomic E-state index is 12.6. The third kappa shape index (κ3) is 10.1. The summed E-state index contributed by atoms with van der Waals surface area (Å²) in [6, 6.07) is 18.0. The number of carboxylic acid groups (broad SMARTS) is 1. The minimum absolute atomic E-state index is 0.0125. The first kappa shape index (κ1) is 39.3. The summed E-state index contributed by atoms with van der Waals surface area (Å²) in [5.74, 6) is -0.187. The second kappa shape index (κ2) is 17.3. The number of nitrogens with zero attached hydrogens (tertiary/aromatic N) is 4. The summed E-state index contributed by atoms with van der Waals surface area (Å²) in [6.45, 7) is 4.70. The van der Waals surface area contributed by atoms with E-state index >= 15 is 0 Å². The number of amides is 1. The van der Waals surface area contributed by atoms with Crippen molar-refractivity contribution in [1.29, 1.82) is 0 Å². The van der Waals surface area contributed by atoms with Gasteiger partial charge in [0.15, 0.2) is 0 Å². The van der Waals surface area contributed by atoms with Crippen LogP contribution in [-0.2, 0) is 13.2 Å². The minimum atomic E-state index is -4.52. The van der Waals surface area contributed by atoms with E-state index in [9.17, 15) is 22.8 Å². The number of rotatable bonds is 11. The van der Waals surface area contributed by atoms with E-state index in [1.807, 2.05) is 17.4 Å². The molecule has 0 aliphatic rings. The zero-order valence-corrected chi connectivity index (χ0v) is 30.2. The lowest BCUT2D eigenvalue weighted by atomic mass is 10.1. The molecule has 17 heteroatoms. The summed E-state index contributed by atoms with van der Waals surface area (Å²) >= 11 is 11.8. The number of benzene rings is 2. The maximum atomic E-state index is 12.6. The first-order valence-electron chi connectivity index (χ1n) is 15.9. The number of carbonyl (C=O) groups is 2. The van der Waals surface area contributed by atoms with Crippen LogP contribution in [0.3, 0.4) is 0 Å². The number of pyridine rings is 2. The fourth-order valence-corrected chi connectivity index (χ4v) is 4.89. The average molecular weight is 785 g/mol. The molecule has 0 aliphatic heterocycles. The molecule has 0 aliphatic carbocycles. The highest BCUT2D eigenvalue weighted by Crippen LogP contribution is 2.29. The smallest absolute Gasteiger partial charge is 0.408 e. The van der Waals surface area contributed by atoms with Crippen LogP contribution in [-0.4, -0.2) is 49.5 Å². The largest absolute Gasteiger partial charge is 0.478 e. The number of aromatic nitrogens is 4. The SMILES string of the molecule is Cc1onc(-c2ccc(Cl)cc2)c1COc1ccc(C(=O)N[C@@H](C)C(F)(F)F)cn1.Cc1onc(-c2ccc(Cl)cc2)c1COc1ccc(C(=O)O)cn1. The molecule has 0 fully saturated rings. The Morgan fingerprint density at radius 1 is 0.741 bits per heavy atom. The molecular weight excluding hydrogens is 754 g/mol. The van der Waals surface area contributed by atoms with Crippen molar-refractivity contribution in [2.45, 2.75) is 46.2 Å². The Balaban J connectivity index is 0.000000213. The molecule has 280 valence electrons. The third-order valence-electron chi connectivity index (χ3n) is 7.75. The third-order valence-corrected chi connectivity index (χ3v) is 8.26. The zero-order valence-electron chi connectivity index (χ0n) is 28.6. The van der Waals surface area contributed by atoms with Crippen molar-refractivity contribution in [2.75, 3.05) is 0 Å². The normalized spacial score (nSPS) is 11.6. The fraction of sp³-hybridized carbons (Fsp3) is 0.189. The maximum Gasteiger partial charge on any atom is 0.408 e. The van der Waals surface area contributed by atoms with Gasteiger partial charge in [-0.25, -0.2) is 14.8 Å². The van der Waals surface area contributed by atoms with E-state index in [0.29, 0.717) is 44.4 Å². The molecule has 0 saturated carbocycles. The van der Waals surface area contributed by atoms with Crippen molar-refractivity contribution in [3.05, 3.63) is 129 Å². The number of halogens is 5. The van der Waals surface area contributed by atoms with Crippen molar-refractivity contribution in [1.82, 2.24) is 25.6 Å². The van der Waals surface area contributed by atoms with Crippen LogP contribution >= 0.6 is 23.2 Å². The predicted octanol–water partition coefficient (Wildman–Crippen LogP) is 8.93. The van der Waals surface area contributed by atoms with Gasteiger partial charge in [-0.3, -0.25) is 4.79 Å². The molecule has 1 amide bonds. The number of carboxylic acids is 1. The van der Waals surface area contributed by atoms with E-state index in [0.717, 1.165) is 29.8 Å². The molecule has 0 saturated heterocycles. The summed E-state index contributed by atoms with van der Waals surface area (Å²) in [4.78, 5) is 30.7. The second-order valence-corrected chi connectivity index (χ2v) is 12.4. The number of ether oxygens (including phenoxy) is 2. The van der Waals surface area contributed by atoms with Gasteiger partial charge in [-0.1, -0.05) is 57.8 Å². The molecule has 2 aromatic carbocycles. The number of aryl methyl sites for hydroxylation is 2. The number of hydrogen-bond donors (Lipinski definition) is 2. The highest BCUT2D eigenvalue weighted by Gasteiger charge is 2.37. The minimum Gasteiger partial charge on any atom is -0.478 e. The van der Waals surface area contributed by atoms with Crippen LogP contribution in [0.4, 0.5) is 13.2 Å². The van der Waals surface area contributed by atoms with E-state index in [4.69, 9.17) is 46.8 Å². The standard InChI is InChI=1S/C20H17ClF3N3O3.C17H13ClN2O4/c1-11-16(18(27-30-11)13-3-6-15(21)7-4-13)10-29-17-8-5-14(9-25-17)19(28)26-12(2)20(22,23)24;1-10-14(9-23-15-7-4-12(8-19-15)17(21)22)16(20-24-10)11-2-5-13(18)6-3-11/h3-9,12H,10H2,1-2H3,(H,26,28);2-8H,9H2,1H3,(H,21,22)/t12-;/m0./s1. The Labute approximate surface area is 315 Å². The molecule has 12 nitrogen and oxygen atoms in total. The van der Waals surface area contributed by atoms with Crippen LogP contribution in [0.15, 0.2) is 94.2 Å². The molecule has 0 spiro atoms. The van der Waals surface area contributed by atoms with E-state index in [2.05, 4.69) is 20.3 Å². The molecule has 1 atom stereocenters. The predicted molar refractivity (Wildman–Crippen MR) is 190 cm³/mol. The summed E-state index contributed by atoms with van der Waals surface area (Å²) < 4.78 is 59.5. The van der Waals surface area contributed by atoms with Crippen LogP contribution in [0.1, 0.15) is 50.3 Å². The van der Waals surface area contributed by atoms with E-state index in [1.54, 1.807) is 50.2 Å². The monoisotopic (exact) mass is 783 g/mol. The fourth-order valence-electron chi connectivity index (χ4n) is 4.64. The Morgan fingerprint density at radius 3 is 1.54 bits per heavy atom. The highest BCUT2D eigenvalue weighted by molar-refractivity contribution is 6.30. The van der Waals surface area contributed by atoms with Crippen LogP contribution < -0.4 is 14.8 Å². The topological polar surface area (TPSA) is 163 Å². The zero-order chi connectivity index (χ0) is 39.0. The van der Waals surface area contributed by atoms with Crippen molar-refractivity contribution in [3.8, 4) is 34.3 Å². The van der Waals surface area contributed by atoms with Gasteiger partial charge in [-0.2, -0.15) is 13.2 Å². The van der Waals surface area contributed by atoms with E-state index < -0.39 is 24.1 Å². The quantitative estimate of drug-likeness (QED) is 0.129. The van der Waals surface area contributed by atoms with Crippen molar-refractivity contribution in [2.24, 2.45) is 0 Å². The number of aromatic carboxylic acids is 1. The summed E-state index contributed by atoms with van der Waals surface area (Å²) in [5.41, 5.74) is 4.53.